The minimum atomic E-state index is 0.307. The molecule has 116 valence electrons. The smallest absolute Gasteiger partial charge is 0.180 e. The van der Waals surface area contributed by atoms with Gasteiger partial charge in [0.2, 0.25) is 0 Å². The highest BCUT2D eigenvalue weighted by atomic mass is 15.3. The number of nitrogens with zero attached hydrogens (tertiary/aromatic N) is 4. The second kappa shape index (κ2) is 6.73. The summed E-state index contributed by atoms with van der Waals surface area (Å²) in [6, 6.07) is 0.307. The minimum absolute atomic E-state index is 0.307. The molecule has 2 aromatic heterocycles. The van der Waals surface area contributed by atoms with E-state index in [-0.39, 0.29) is 0 Å². The highest BCUT2D eigenvalue weighted by Gasteiger charge is 2.15. The van der Waals surface area contributed by atoms with Crippen molar-refractivity contribution in [2.24, 2.45) is 11.8 Å². The number of nitrogen functional groups attached to an aromatic ring is 1. The number of nitrogens with two attached hydrogens (primary N) is 1. The predicted octanol–water partition coefficient (Wildman–Crippen LogP) is 1.40. The lowest BCUT2D eigenvalue weighted by molar-refractivity contribution is 0.356. The first-order valence-electron chi connectivity index (χ1n) is 7.21. The van der Waals surface area contributed by atoms with Gasteiger partial charge < -0.3 is 20.0 Å². The fraction of sp³-hybridized carbons (Fsp3) is 0.571. The van der Waals surface area contributed by atoms with Crippen LogP contribution in [0.2, 0.25) is 0 Å². The summed E-state index contributed by atoms with van der Waals surface area (Å²) < 4.78 is 1.91. The van der Waals surface area contributed by atoms with Crippen LogP contribution in [0.4, 0.5) is 11.6 Å². The van der Waals surface area contributed by atoms with Gasteiger partial charge in [-0.2, -0.15) is 0 Å². The highest BCUT2D eigenvalue weighted by molar-refractivity contribution is 5.65. The van der Waals surface area contributed by atoms with E-state index >= 15 is 0 Å². The van der Waals surface area contributed by atoms with Gasteiger partial charge in [-0.15, -0.1) is 0 Å². The third-order valence-electron chi connectivity index (χ3n) is 3.20. The zero-order valence-electron chi connectivity index (χ0n) is 13.2. The third kappa shape index (κ3) is 4.05. The number of hydrogen-bond donors (Lipinski definition) is 3. The Bertz CT molecular complexity index is 566. The zero-order valence-corrected chi connectivity index (χ0v) is 13.2. The summed E-state index contributed by atoms with van der Waals surface area (Å²) in [6.45, 7) is 5.38. The Kier molecular flexibility index (Phi) is 4.98. The SMILES string of the molecule is CC(C)CC(CN(C)C)Nc1nc(NN)cn2ccnc12. The van der Waals surface area contributed by atoms with Crippen molar-refractivity contribution in [3.05, 3.63) is 18.6 Å². The summed E-state index contributed by atoms with van der Waals surface area (Å²) in [5.41, 5.74) is 3.40. The van der Waals surface area contributed by atoms with Crippen molar-refractivity contribution in [3.8, 4) is 0 Å². The first kappa shape index (κ1) is 15.5. The Hall–Kier alpha value is -1.86. The summed E-state index contributed by atoms with van der Waals surface area (Å²) in [7, 11) is 4.15. The molecule has 0 aliphatic rings. The lowest BCUT2D eigenvalue weighted by atomic mass is 10.0. The number of anilines is 2. The Morgan fingerprint density at radius 2 is 2.14 bits per heavy atom. The van der Waals surface area contributed by atoms with Crippen LogP contribution in [0, 0.1) is 5.92 Å². The van der Waals surface area contributed by atoms with Gasteiger partial charge in [-0.05, 0) is 26.4 Å². The topological polar surface area (TPSA) is 83.5 Å². The van der Waals surface area contributed by atoms with Gasteiger partial charge in [-0.3, -0.25) is 0 Å². The van der Waals surface area contributed by atoms with Gasteiger partial charge in [0.1, 0.15) is 0 Å². The molecule has 0 bridgehead atoms. The molecule has 2 aromatic rings. The van der Waals surface area contributed by atoms with Gasteiger partial charge in [0, 0.05) is 25.0 Å². The molecule has 0 amide bonds. The van der Waals surface area contributed by atoms with Crippen LogP contribution in [0.3, 0.4) is 0 Å². The molecular formula is C14H25N7. The predicted molar refractivity (Wildman–Crippen MR) is 86.2 cm³/mol. The maximum absolute atomic E-state index is 5.49. The second-order valence-corrected chi connectivity index (χ2v) is 6.01. The molecule has 2 rings (SSSR count). The molecule has 4 N–H and O–H groups in total. The fourth-order valence-corrected chi connectivity index (χ4v) is 2.48. The van der Waals surface area contributed by atoms with E-state index in [4.69, 9.17) is 5.84 Å². The normalized spacial score (nSPS) is 13.1. The van der Waals surface area contributed by atoms with Crippen LogP contribution >= 0.6 is 0 Å². The Morgan fingerprint density at radius 1 is 1.38 bits per heavy atom. The van der Waals surface area contributed by atoms with Crippen molar-refractivity contribution in [1.82, 2.24) is 19.3 Å². The summed E-state index contributed by atoms with van der Waals surface area (Å²) in [5, 5.41) is 3.51. The summed E-state index contributed by atoms with van der Waals surface area (Å²) in [4.78, 5) is 11.0. The van der Waals surface area contributed by atoms with Crippen LogP contribution in [0.1, 0.15) is 20.3 Å². The van der Waals surface area contributed by atoms with Gasteiger partial charge in [0.15, 0.2) is 17.3 Å². The van der Waals surface area contributed by atoms with Gasteiger partial charge in [0.25, 0.3) is 0 Å². The van der Waals surface area contributed by atoms with E-state index in [0.717, 1.165) is 24.4 Å². The Labute approximate surface area is 125 Å². The summed E-state index contributed by atoms with van der Waals surface area (Å²) in [6.07, 6.45) is 6.52. The van der Waals surface area contributed by atoms with Gasteiger partial charge in [0.05, 0.1) is 6.20 Å². The van der Waals surface area contributed by atoms with E-state index in [1.807, 2.05) is 16.8 Å². The van der Waals surface area contributed by atoms with Crippen molar-refractivity contribution in [1.29, 1.82) is 0 Å². The van der Waals surface area contributed by atoms with Crippen LogP contribution in [-0.4, -0.2) is 46.0 Å². The molecule has 7 heteroatoms. The number of imidazole rings is 1. The minimum Gasteiger partial charge on any atom is -0.363 e. The average Bonchev–Trinajstić information content (AvgIpc) is 2.85. The largest absolute Gasteiger partial charge is 0.363 e. The van der Waals surface area contributed by atoms with E-state index < -0.39 is 0 Å². The summed E-state index contributed by atoms with van der Waals surface area (Å²) >= 11 is 0. The van der Waals surface area contributed by atoms with Gasteiger partial charge in [-0.1, -0.05) is 13.8 Å². The number of rotatable bonds is 7. The van der Waals surface area contributed by atoms with Crippen molar-refractivity contribution < 1.29 is 0 Å². The molecule has 0 saturated carbocycles. The van der Waals surface area contributed by atoms with Crippen LogP contribution in [0.5, 0.6) is 0 Å². The molecular weight excluding hydrogens is 266 g/mol. The molecule has 0 aromatic carbocycles. The second-order valence-electron chi connectivity index (χ2n) is 6.01. The van der Waals surface area contributed by atoms with E-state index in [0.29, 0.717) is 17.8 Å². The molecule has 0 spiro atoms. The van der Waals surface area contributed by atoms with Crippen molar-refractivity contribution in [3.63, 3.8) is 0 Å². The Morgan fingerprint density at radius 3 is 2.76 bits per heavy atom. The van der Waals surface area contributed by atoms with Crippen LogP contribution in [0.25, 0.3) is 5.65 Å². The van der Waals surface area contributed by atoms with E-state index in [9.17, 15) is 0 Å². The first-order valence-corrected chi connectivity index (χ1v) is 7.21. The van der Waals surface area contributed by atoms with Crippen molar-refractivity contribution in [2.75, 3.05) is 31.4 Å². The maximum atomic E-state index is 5.49. The number of hydrogen-bond acceptors (Lipinski definition) is 6. The molecule has 2 heterocycles. The molecule has 0 radical (unpaired) electrons. The molecule has 0 fully saturated rings. The van der Waals surface area contributed by atoms with Crippen LogP contribution < -0.4 is 16.6 Å². The lowest BCUT2D eigenvalue weighted by Gasteiger charge is -2.24. The van der Waals surface area contributed by atoms with E-state index in [2.05, 4.69) is 53.6 Å². The number of nitrogens with one attached hydrogen (secondary N) is 2. The third-order valence-corrected chi connectivity index (χ3v) is 3.20. The molecule has 0 aliphatic heterocycles. The Balaban J connectivity index is 2.28. The van der Waals surface area contributed by atoms with E-state index in [1.165, 1.54) is 0 Å². The number of fused-ring (bicyclic) bond motifs is 1. The fourth-order valence-electron chi connectivity index (χ4n) is 2.48. The first-order chi connectivity index (χ1) is 9.99. The zero-order chi connectivity index (χ0) is 15.4. The average molecular weight is 291 g/mol. The number of likely N-dealkylation sites (N-methyl/N-ethyl adjacent to an activating group) is 1. The lowest BCUT2D eigenvalue weighted by Crippen LogP contribution is -2.34. The van der Waals surface area contributed by atoms with Crippen molar-refractivity contribution in [2.45, 2.75) is 26.3 Å². The van der Waals surface area contributed by atoms with Crippen LogP contribution in [0.15, 0.2) is 18.6 Å². The summed E-state index contributed by atoms with van der Waals surface area (Å²) in [5.74, 6) is 7.45. The number of aromatic nitrogens is 3. The molecule has 21 heavy (non-hydrogen) atoms. The standard InChI is InChI=1S/C14H25N7/c1-10(2)7-11(8-20(3)4)17-13-14-16-5-6-21(14)9-12(18-13)19-15/h5-6,9-11,19H,7-8,15H2,1-4H3,(H,17,18). The molecule has 7 nitrogen and oxygen atoms in total. The van der Waals surface area contributed by atoms with Crippen molar-refractivity contribution >= 4 is 17.3 Å². The van der Waals surface area contributed by atoms with Gasteiger partial charge in [-0.25, -0.2) is 15.8 Å². The molecule has 1 atom stereocenters. The van der Waals surface area contributed by atoms with E-state index in [1.54, 1.807) is 6.20 Å². The highest BCUT2D eigenvalue weighted by Crippen LogP contribution is 2.19. The maximum Gasteiger partial charge on any atom is 0.180 e. The molecule has 0 aliphatic carbocycles. The monoisotopic (exact) mass is 291 g/mol. The van der Waals surface area contributed by atoms with Crippen LogP contribution in [-0.2, 0) is 0 Å². The molecule has 0 saturated heterocycles. The quantitative estimate of drug-likeness (QED) is 0.528. The number of hydrazine groups is 1. The van der Waals surface area contributed by atoms with Gasteiger partial charge >= 0.3 is 0 Å². The molecule has 1 unspecified atom stereocenters.